The van der Waals surface area contributed by atoms with Crippen molar-refractivity contribution in [3.8, 4) is 50.5 Å². The highest BCUT2D eigenvalue weighted by atomic mass is 15.0. The molecule has 5 heterocycles. The zero-order chi connectivity index (χ0) is 33.7. The van der Waals surface area contributed by atoms with Crippen molar-refractivity contribution >= 4 is 43.6 Å². The van der Waals surface area contributed by atoms with Crippen molar-refractivity contribution in [3.63, 3.8) is 0 Å². The van der Waals surface area contributed by atoms with Gasteiger partial charge in [0.25, 0.3) is 0 Å². The van der Waals surface area contributed by atoms with Crippen molar-refractivity contribution in [2.45, 2.75) is 0 Å². The molecule has 238 valence electrons. The molecular weight excluding hydrogens is 627 g/mol. The van der Waals surface area contributed by atoms with E-state index < -0.39 is 0 Å². The summed E-state index contributed by atoms with van der Waals surface area (Å²) in [5.74, 6) is 0. The fourth-order valence-electron chi connectivity index (χ4n) is 7.18. The van der Waals surface area contributed by atoms with Crippen LogP contribution in [-0.4, -0.2) is 34.5 Å². The van der Waals surface area contributed by atoms with Gasteiger partial charge in [0.2, 0.25) is 0 Å². The molecule has 0 aliphatic rings. The molecule has 5 aromatic carbocycles. The van der Waals surface area contributed by atoms with Crippen LogP contribution in [0, 0.1) is 0 Å². The molecular formula is C44H27N7. The number of fused-ring (bicyclic) bond motifs is 5. The fourth-order valence-corrected chi connectivity index (χ4v) is 7.18. The standard InChI is InChI=1S/C44H27N7/c1-2-8-34(9-3-1)51-41-16-12-30(28-10-14-39-37(22-28)43(49-26-47-39)32-6-4-18-45-24-32)20-35(41)36-21-31(13-17-42(36)51)29-11-15-40-38(23-29)44(50-27-48-40)33-7-5-19-46-25-33/h1-27H. The SMILES string of the molecule is c1ccc(-n2c3ccc(-c4ccc5ncnc(-c6cccnc6)c5c4)cc3c3cc(-c4ccc5ncnc(-c6cccnc6)c5c4)ccc32)cc1. The van der Waals surface area contributed by atoms with Gasteiger partial charge in [0.15, 0.2) is 0 Å². The normalized spacial score (nSPS) is 11.5. The van der Waals surface area contributed by atoms with Gasteiger partial charge < -0.3 is 4.57 Å². The highest BCUT2D eigenvalue weighted by Crippen LogP contribution is 2.39. The summed E-state index contributed by atoms with van der Waals surface area (Å²) in [7, 11) is 0. The Labute approximate surface area is 292 Å². The highest BCUT2D eigenvalue weighted by Gasteiger charge is 2.16. The zero-order valence-electron chi connectivity index (χ0n) is 27.2. The lowest BCUT2D eigenvalue weighted by atomic mass is 9.97. The third-order valence-corrected chi connectivity index (χ3v) is 9.59. The summed E-state index contributed by atoms with van der Waals surface area (Å²) in [5, 5.41) is 4.32. The van der Waals surface area contributed by atoms with Crippen LogP contribution in [0.3, 0.4) is 0 Å². The van der Waals surface area contributed by atoms with Gasteiger partial charge >= 0.3 is 0 Å². The minimum atomic E-state index is 0.869. The average Bonchev–Trinajstić information content (AvgIpc) is 3.54. The summed E-state index contributed by atoms with van der Waals surface area (Å²) in [5.41, 5.74) is 13.3. The number of hydrogen-bond acceptors (Lipinski definition) is 6. The maximum atomic E-state index is 4.65. The predicted molar refractivity (Wildman–Crippen MR) is 204 cm³/mol. The molecule has 10 rings (SSSR count). The van der Waals surface area contributed by atoms with Crippen molar-refractivity contribution in [1.82, 2.24) is 34.5 Å². The highest BCUT2D eigenvalue weighted by molar-refractivity contribution is 6.12. The quantitative estimate of drug-likeness (QED) is 0.184. The number of rotatable bonds is 5. The molecule has 7 heteroatoms. The Morgan fingerprint density at radius 2 is 0.843 bits per heavy atom. The number of pyridine rings is 2. The molecule has 10 aromatic rings. The predicted octanol–water partition coefficient (Wildman–Crippen LogP) is 10.1. The number of nitrogens with zero attached hydrogens (tertiary/aromatic N) is 7. The average molecular weight is 654 g/mol. The molecule has 0 saturated heterocycles. The van der Waals surface area contributed by atoms with Crippen molar-refractivity contribution in [2.24, 2.45) is 0 Å². The van der Waals surface area contributed by atoms with Crippen LogP contribution in [0.15, 0.2) is 165 Å². The molecule has 0 atom stereocenters. The number of hydrogen-bond donors (Lipinski definition) is 0. The van der Waals surface area contributed by atoms with E-state index in [1.54, 1.807) is 25.0 Å². The first-order valence-corrected chi connectivity index (χ1v) is 16.7. The maximum absolute atomic E-state index is 4.65. The van der Waals surface area contributed by atoms with Crippen LogP contribution in [-0.2, 0) is 0 Å². The van der Waals surface area contributed by atoms with Gasteiger partial charge in [-0.15, -0.1) is 0 Å². The monoisotopic (exact) mass is 653 g/mol. The molecule has 0 bridgehead atoms. The molecule has 0 N–H and O–H groups in total. The summed E-state index contributed by atoms with van der Waals surface area (Å²) in [4.78, 5) is 27.1. The van der Waals surface area contributed by atoms with Gasteiger partial charge in [0, 0.05) is 63.1 Å². The molecule has 0 aliphatic heterocycles. The Balaban J connectivity index is 1.17. The van der Waals surface area contributed by atoms with Crippen molar-refractivity contribution in [2.75, 3.05) is 0 Å². The molecule has 0 spiro atoms. The minimum absolute atomic E-state index is 0.869. The third-order valence-electron chi connectivity index (χ3n) is 9.59. The second-order valence-electron chi connectivity index (χ2n) is 12.5. The zero-order valence-corrected chi connectivity index (χ0v) is 27.2. The van der Waals surface area contributed by atoms with Gasteiger partial charge in [-0.25, -0.2) is 19.9 Å². The summed E-state index contributed by atoms with van der Waals surface area (Å²) in [6, 6.07) is 44.8. The van der Waals surface area contributed by atoms with Crippen LogP contribution < -0.4 is 0 Å². The van der Waals surface area contributed by atoms with E-state index in [2.05, 4.69) is 138 Å². The molecule has 7 nitrogen and oxygen atoms in total. The number of aromatic nitrogens is 7. The van der Waals surface area contributed by atoms with Gasteiger partial charge in [0.05, 0.1) is 33.5 Å². The Kier molecular flexibility index (Phi) is 6.67. The molecule has 0 unspecified atom stereocenters. The first-order chi connectivity index (χ1) is 25.3. The third kappa shape index (κ3) is 4.90. The van der Waals surface area contributed by atoms with Crippen LogP contribution in [0.1, 0.15) is 0 Å². The topological polar surface area (TPSA) is 82.3 Å². The summed E-state index contributed by atoms with van der Waals surface area (Å²) in [6.07, 6.45) is 10.5. The van der Waals surface area contributed by atoms with Gasteiger partial charge in [-0.3, -0.25) is 9.97 Å². The second-order valence-corrected chi connectivity index (χ2v) is 12.5. The molecule has 0 amide bonds. The lowest BCUT2D eigenvalue weighted by molar-refractivity contribution is 1.18. The molecule has 5 aromatic heterocycles. The lowest BCUT2D eigenvalue weighted by Crippen LogP contribution is -1.93. The Bertz CT molecular complexity index is 2720. The van der Waals surface area contributed by atoms with E-state index >= 15 is 0 Å². The Morgan fingerprint density at radius 1 is 0.373 bits per heavy atom. The molecule has 0 radical (unpaired) electrons. The van der Waals surface area contributed by atoms with Gasteiger partial charge in [0.1, 0.15) is 12.7 Å². The molecule has 51 heavy (non-hydrogen) atoms. The van der Waals surface area contributed by atoms with Crippen molar-refractivity contribution < 1.29 is 0 Å². The molecule has 0 fully saturated rings. The molecule has 0 saturated carbocycles. The Morgan fingerprint density at radius 3 is 1.31 bits per heavy atom. The lowest BCUT2D eigenvalue weighted by Gasteiger charge is -2.10. The van der Waals surface area contributed by atoms with E-state index in [1.807, 2.05) is 36.7 Å². The Hall–Kier alpha value is -7.12. The fraction of sp³-hybridized carbons (Fsp3) is 0. The van der Waals surface area contributed by atoms with Crippen LogP contribution in [0.2, 0.25) is 0 Å². The van der Waals surface area contributed by atoms with E-state index in [4.69, 9.17) is 0 Å². The van der Waals surface area contributed by atoms with Crippen LogP contribution in [0.25, 0.3) is 94.1 Å². The maximum Gasteiger partial charge on any atom is 0.116 e. The summed E-state index contributed by atoms with van der Waals surface area (Å²) >= 11 is 0. The van der Waals surface area contributed by atoms with Crippen LogP contribution in [0.4, 0.5) is 0 Å². The first-order valence-electron chi connectivity index (χ1n) is 16.7. The van der Waals surface area contributed by atoms with Gasteiger partial charge in [-0.2, -0.15) is 0 Å². The summed E-state index contributed by atoms with van der Waals surface area (Å²) < 4.78 is 2.35. The van der Waals surface area contributed by atoms with Crippen molar-refractivity contribution in [1.29, 1.82) is 0 Å². The number of benzene rings is 5. The molecule has 0 aliphatic carbocycles. The first kappa shape index (κ1) is 28.9. The van der Waals surface area contributed by atoms with E-state index in [-0.39, 0.29) is 0 Å². The van der Waals surface area contributed by atoms with Gasteiger partial charge in [-0.05, 0) is 107 Å². The van der Waals surface area contributed by atoms with Gasteiger partial charge in [-0.1, -0.05) is 42.5 Å². The van der Waals surface area contributed by atoms with Crippen LogP contribution in [0.5, 0.6) is 0 Å². The minimum Gasteiger partial charge on any atom is -0.309 e. The van der Waals surface area contributed by atoms with Crippen molar-refractivity contribution in [3.05, 3.63) is 165 Å². The summed E-state index contributed by atoms with van der Waals surface area (Å²) in [6.45, 7) is 0. The van der Waals surface area contributed by atoms with Crippen LogP contribution >= 0.6 is 0 Å². The largest absolute Gasteiger partial charge is 0.309 e. The smallest absolute Gasteiger partial charge is 0.116 e. The van der Waals surface area contributed by atoms with E-state index in [1.165, 1.54) is 10.8 Å². The van der Waals surface area contributed by atoms with E-state index in [0.717, 1.165) is 83.3 Å². The number of para-hydroxylation sites is 1. The second kappa shape index (κ2) is 11.8. The van der Waals surface area contributed by atoms with E-state index in [0.29, 0.717) is 0 Å². The van der Waals surface area contributed by atoms with E-state index in [9.17, 15) is 0 Å².